The molecule has 0 aromatic heterocycles. The third-order valence-corrected chi connectivity index (χ3v) is 23.1. The van der Waals surface area contributed by atoms with Gasteiger partial charge in [-0.05, 0) is 0 Å². The predicted molar refractivity (Wildman–Crippen MR) is 207 cm³/mol. The Morgan fingerprint density at radius 3 is 1.10 bits per heavy atom. The molecule has 0 saturated heterocycles. The molecule has 48 heavy (non-hydrogen) atoms. The van der Waals surface area contributed by atoms with Crippen molar-refractivity contribution in [2.45, 2.75) is 112 Å². The fraction of sp³-hybridized carbons (Fsp3) is 0.383. The average molecular weight is 799 g/mol. The second-order valence-corrected chi connectivity index (χ2v) is 27.9. The Bertz CT molecular complexity index is 1780. The van der Waals surface area contributed by atoms with Gasteiger partial charge in [-0.15, -0.1) is 0 Å². The molecule has 0 saturated carbocycles. The van der Waals surface area contributed by atoms with E-state index < -0.39 is 21.0 Å². The first-order valence-electron chi connectivity index (χ1n) is 17.9. The first-order valence-corrected chi connectivity index (χ1v) is 23.9. The van der Waals surface area contributed by atoms with Crippen LogP contribution in [0.1, 0.15) is 131 Å². The van der Waals surface area contributed by atoms with Crippen LogP contribution in [0.3, 0.4) is 0 Å². The Labute approximate surface area is 299 Å². The van der Waals surface area contributed by atoms with Crippen LogP contribution in [0.4, 0.5) is 0 Å². The van der Waals surface area contributed by atoms with Crippen LogP contribution in [0.15, 0.2) is 109 Å². The minimum absolute atomic E-state index is 0.0849. The van der Waals surface area contributed by atoms with Gasteiger partial charge in [0.25, 0.3) is 0 Å². The quantitative estimate of drug-likeness (QED) is 0.180. The monoisotopic (exact) mass is 800 g/mol. The molecule has 0 N–H and O–H groups in total. The van der Waals surface area contributed by atoms with E-state index in [2.05, 4.69) is 192 Å². The summed E-state index contributed by atoms with van der Waals surface area (Å²) in [5, 5.41) is 0. The molecule has 0 aliphatic heterocycles. The van der Waals surface area contributed by atoms with E-state index in [0.29, 0.717) is 7.35 Å². The second-order valence-electron chi connectivity index (χ2n) is 18.3. The Kier molecular flexibility index (Phi) is 9.07. The fourth-order valence-electron chi connectivity index (χ4n) is 7.45. The van der Waals surface area contributed by atoms with Gasteiger partial charge in [-0.3, -0.25) is 0 Å². The molecule has 0 unspecified atom stereocenters. The minimum atomic E-state index is -3.02. The zero-order valence-electron chi connectivity index (χ0n) is 31.5. The molecule has 0 amide bonds. The molecule has 0 heterocycles. The van der Waals surface area contributed by atoms with E-state index in [1.165, 1.54) is 44.5 Å². The normalized spacial score (nSPS) is 15.2. The van der Waals surface area contributed by atoms with Crippen LogP contribution < -0.4 is 0 Å². The van der Waals surface area contributed by atoms with E-state index in [1.807, 2.05) is 0 Å². The number of hydrogen-bond acceptors (Lipinski definition) is 0. The fourth-order valence-corrected chi connectivity index (χ4v) is 21.1. The van der Waals surface area contributed by atoms with Crippen LogP contribution in [0.5, 0.6) is 0 Å². The Balaban J connectivity index is 1.73. The van der Waals surface area contributed by atoms with Crippen LogP contribution in [-0.4, -0.2) is 3.26 Å². The molecule has 6 rings (SSSR count). The van der Waals surface area contributed by atoms with Gasteiger partial charge in [0.2, 0.25) is 0 Å². The summed E-state index contributed by atoms with van der Waals surface area (Å²) in [6, 6.07) is 34.3. The molecule has 4 aromatic carbocycles. The summed E-state index contributed by atoms with van der Waals surface area (Å²) in [6.45, 7) is 28.1. The van der Waals surface area contributed by atoms with Crippen LogP contribution in [0, 0.1) is 0 Å². The summed E-state index contributed by atoms with van der Waals surface area (Å²) in [6.07, 6.45) is 9.70. The molecule has 248 valence electrons. The second kappa shape index (κ2) is 12.5. The van der Waals surface area contributed by atoms with Crippen molar-refractivity contribution in [2.24, 2.45) is 0 Å². The van der Waals surface area contributed by atoms with Crippen molar-refractivity contribution in [2.75, 3.05) is 0 Å². The summed E-state index contributed by atoms with van der Waals surface area (Å²) in [5.74, 6) is 0. The van der Waals surface area contributed by atoms with Crippen molar-refractivity contribution >= 4 is 3.26 Å². The topological polar surface area (TPSA) is 0 Å². The molecule has 2 aliphatic carbocycles. The molecule has 4 aromatic rings. The van der Waals surface area contributed by atoms with E-state index in [1.54, 1.807) is 14.4 Å². The molecule has 0 bridgehead atoms. The zero-order valence-corrected chi connectivity index (χ0v) is 35.1. The average Bonchev–Trinajstić information content (AvgIpc) is 3.64. The number of rotatable bonds is 4. The third kappa shape index (κ3) is 6.79. The van der Waals surface area contributed by atoms with Gasteiger partial charge >= 0.3 is 301 Å². The van der Waals surface area contributed by atoms with Gasteiger partial charge in [0.1, 0.15) is 0 Å². The van der Waals surface area contributed by atoms with E-state index >= 15 is 0 Å². The van der Waals surface area contributed by atoms with Crippen LogP contribution in [-0.2, 0) is 42.6 Å². The predicted octanol–water partition coefficient (Wildman–Crippen LogP) is 12.7. The van der Waals surface area contributed by atoms with Crippen molar-refractivity contribution in [3.63, 3.8) is 0 Å². The Morgan fingerprint density at radius 1 is 0.438 bits per heavy atom. The summed E-state index contributed by atoms with van der Waals surface area (Å²) in [7, 11) is 0. The van der Waals surface area contributed by atoms with E-state index in [-0.39, 0.29) is 21.7 Å². The number of allylic oxidation sites excluding steroid dienone is 4. The van der Waals surface area contributed by atoms with Crippen LogP contribution in [0.25, 0.3) is 11.1 Å². The van der Waals surface area contributed by atoms with Gasteiger partial charge in [0, 0.05) is 0 Å². The standard InChI is InChI=1S/C21H25.C21H26.C5H5.Hf/c1-20(2,3)16-7-9-18-14(12-16)11-15-13-17(21(4,5)6)8-10-19(15)18;1-20(2,3)18-11-7-16(8-12-18)15-17-9-13-19(14-10-17)21(4,5)6;1-2-4-5-3-1;/h7-13H,1-6H3;7-14H,1-6H3;1-5H;. The van der Waals surface area contributed by atoms with Gasteiger partial charge in [-0.25, -0.2) is 0 Å². The van der Waals surface area contributed by atoms with E-state index in [4.69, 9.17) is 0 Å². The van der Waals surface area contributed by atoms with Gasteiger partial charge in [0.15, 0.2) is 0 Å². The summed E-state index contributed by atoms with van der Waals surface area (Å²) in [4.78, 5) is 0. The third-order valence-electron chi connectivity index (χ3n) is 10.5. The molecule has 0 nitrogen and oxygen atoms in total. The number of hydrogen-bond donors (Lipinski definition) is 0. The van der Waals surface area contributed by atoms with Gasteiger partial charge < -0.3 is 0 Å². The van der Waals surface area contributed by atoms with Crippen molar-refractivity contribution in [3.8, 4) is 11.1 Å². The molecular weight excluding hydrogens is 743 g/mol. The SMILES string of the molecule is CC(C)(C)c1ccc([C](c2ccc(C(C)(C)C)cc2)=[Hf]([CH]2C=CC=C2)[CH]2c3cc(C(C)(C)C)ccc3-c3ccc(C(C)(C)C)cc32)cc1. The molecule has 0 fully saturated rings. The Morgan fingerprint density at radius 2 is 0.771 bits per heavy atom. The summed E-state index contributed by atoms with van der Waals surface area (Å²) < 4.78 is 2.55. The molecule has 2 aliphatic rings. The van der Waals surface area contributed by atoms with Crippen molar-refractivity contribution in [3.05, 3.63) is 154 Å². The molecule has 0 atom stereocenters. The summed E-state index contributed by atoms with van der Waals surface area (Å²) in [5.41, 5.74) is 14.9. The van der Waals surface area contributed by atoms with Crippen LogP contribution >= 0.6 is 0 Å². The van der Waals surface area contributed by atoms with Crippen molar-refractivity contribution in [1.29, 1.82) is 0 Å². The first-order chi connectivity index (χ1) is 22.3. The molecule has 0 radical (unpaired) electrons. The maximum absolute atomic E-state index is 3.02. The van der Waals surface area contributed by atoms with Crippen molar-refractivity contribution in [1.82, 2.24) is 0 Å². The molecule has 0 spiro atoms. The Hall–Kier alpha value is -2.90. The number of benzene rings is 4. The van der Waals surface area contributed by atoms with Gasteiger partial charge in [-0.2, -0.15) is 0 Å². The van der Waals surface area contributed by atoms with Gasteiger partial charge in [0.05, 0.1) is 0 Å². The van der Waals surface area contributed by atoms with E-state index in [9.17, 15) is 0 Å². The van der Waals surface area contributed by atoms with Crippen molar-refractivity contribution < 1.29 is 21.0 Å². The first kappa shape index (κ1) is 34.9. The van der Waals surface area contributed by atoms with Crippen LogP contribution in [0.2, 0.25) is 3.67 Å². The number of fused-ring (bicyclic) bond motifs is 3. The molecule has 1 heteroatoms. The zero-order chi connectivity index (χ0) is 34.8. The maximum atomic E-state index is 2.60. The molecular formula is C47H56Hf. The van der Waals surface area contributed by atoms with Gasteiger partial charge in [-0.1, -0.05) is 0 Å². The van der Waals surface area contributed by atoms with E-state index in [0.717, 1.165) is 0 Å². The summed E-state index contributed by atoms with van der Waals surface area (Å²) >= 11 is -3.02.